The molecule has 20 heavy (non-hydrogen) atoms. The molecule has 2 amide bonds. The number of methoxy groups -OCH3 is 1. The molecule has 0 aliphatic carbocycles. The molecule has 1 rings (SSSR count). The molecule has 1 heterocycles. The molecule has 6 nitrogen and oxygen atoms in total. The van der Waals surface area contributed by atoms with Gasteiger partial charge in [0, 0.05) is 20.2 Å². The third kappa shape index (κ3) is 4.37. The number of aliphatic carboxylic acids is 1. The number of hydrogen-bond acceptors (Lipinski definition) is 3. The van der Waals surface area contributed by atoms with Gasteiger partial charge in [-0.1, -0.05) is 19.8 Å². The molecule has 0 aromatic carbocycles. The van der Waals surface area contributed by atoms with Crippen LogP contribution in [0, 0.1) is 5.41 Å². The summed E-state index contributed by atoms with van der Waals surface area (Å²) in [7, 11) is 1.61. The summed E-state index contributed by atoms with van der Waals surface area (Å²) in [6, 6.07) is -0.197. The Morgan fingerprint density at radius 3 is 2.70 bits per heavy atom. The van der Waals surface area contributed by atoms with Crippen LogP contribution in [0.1, 0.15) is 39.5 Å². The zero-order valence-electron chi connectivity index (χ0n) is 12.6. The SMILES string of the molecule is CCCCC(COC)NC(=O)N1CCC(C)(C(=O)O)C1. The monoisotopic (exact) mass is 286 g/mol. The van der Waals surface area contributed by atoms with Gasteiger partial charge in [-0.2, -0.15) is 0 Å². The van der Waals surface area contributed by atoms with E-state index in [1.807, 2.05) is 0 Å². The minimum absolute atomic E-state index is 0.0101. The van der Waals surface area contributed by atoms with Gasteiger partial charge in [0.05, 0.1) is 18.1 Å². The third-order valence-electron chi connectivity index (χ3n) is 3.88. The number of urea groups is 1. The fraction of sp³-hybridized carbons (Fsp3) is 0.857. The molecular weight excluding hydrogens is 260 g/mol. The molecule has 0 spiro atoms. The standard InChI is InChI=1S/C14H26N2O4/c1-4-5-6-11(9-20-3)15-13(19)16-8-7-14(2,10-16)12(17)18/h11H,4-10H2,1-3H3,(H,15,19)(H,17,18). The van der Waals surface area contributed by atoms with Crippen molar-refractivity contribution in [2.45, 2.75) is 45.6 Å². The van der Waals surface area contributed by atoms with Gasteiger partial charge < -0.3 is 20.1 Å². The number of carbonyl (C=O) groups is 2. The Hall–Kier alpha value is -1.30. The van der Waals surface area contributed by atoms with Crippen molar-refractivity contribution in [2.24, 2.45) is 5.41 Å². The van der Waals surface area contributed by atoms with Gasteiger partial charge in [0.15, 0.2) is 0 Å². The molecule has 0 aromatic rings. The number of rotatable bonds is 7. The van der Waals surface area contributed by atoms with Crippen LogP contribution in [-0.2, 0) is 9.53 Å². The third-order valence-corrected chi connectivity index (χ3v) is 3.88. The number of nitrogens with zero attached hydrogens (tertiary/aromatic N) is 1. The first kappa shape index (κ1) is 16.8. The molecule has 0 aromatic heterocycles. The average molecular weight is 286 g/mol. The van der Waals surface area contributed by atoms with Crippen molar-refractivity contribution in [1.29, 1.82) is 0 Å². The summed E-state index contributed by atoms with van der Waals surface area (Å²) >= 11 is 0. The number of hydrogen-bond donors (Lipinski definition) is 2. The normalized spacial score (nSPS) is 23.6. The van der Waals surface area contributed by atoms with Crippen molar-refractivity contribution in [3.8, 4) is 0 Å². The Morgan fingerprint density at radius 1 is 1.50 bits per heavy atom. The predicted octanol–water partition coefficient (Wildman–Crippen LogP) is 1.70. The Labute approximate surface area is 120 Å². The van der Waals surface area contributed by atoms with Crippen LogP contribution < -0.4 is 5.32 Å². The number of nitrogens with one attached hydrogen (secondary N) is 1. The smallest absolute Gasteiger partial charge is 0.317 e. The molecule has 1 aliphatic rings. The van der Waals surface area contributed by atoms with E-state index in [9.17, 15) is 14.7 Å². The van der Waals surface area contributed by atoms with Crippen molar-refractivity contribution < 1.29 is 19.4 Å². The average Bonchev–Trinajstić information content (AvgIpc) is 2.80. The van der Waals surface area contributed by atoms with Crippen LogP contribution in [0.5, 0.6) is 0 Å². The van der Waals surface area contributed by atoms with Crippen LogP contribution in [0.25, 0.3) is 0 Å². The van der Waals surface area contributed by atoms with Crippen molar-refractivity contribution >= 4 is 12.0 Å². The predicted molar refractivity (Wildman–Crippen MR) is 75.7 cm³/mol. The molecule has 1 aliphatic heterocycles. The van der Waals surface area contributed by atoms with Gasteiger partial charge >= 0.3 is 12.0 Å². The lowest BCUT2D eigenvalue weighted by molar-refractivity contribution is -0.147. The van der Waals surface area contributed by atoms with E-state index in [1.165, 1.54) is 0 Å². The Morgan fingerprint density at radius 2 is 2.20 bits per heavy atom. The maximum Gasteiger partial charge on any atom is 0.317 e. The van der Waals surface area contributed by atoms with E-state index in [2.05, 4.69) is 12.2 Å². The first-order chi connectivity index (χ1) is 9.42. The van der Waals surface area contributed by atoms with Crippen LogP contribution in [0.15, 0.2) is 0 Å². The van der Waals surface area contributed by atoms with Crippen molar-refractivity contribution in [3.05, 3.63) is 0 Å². The van der Waals surface area contributed by atoms with Crippen LogP contribution in [0.2, 0.25) is 0 Å². The maximum absolute atomic E-state index is 12.2. The van der Waals surface area contributed by atoms with E-state index < -0.39 is 11.4 Å². The summed E-state index contributed by atoms with van der Waals surface area (Å²) in [5.74, 6) is -0.841. The highest BCUT2D eigenvalue weighted by Crippen LogP contribution is 2.30. The van der Waals surface area contributed by atoms with Crippen LogP contribution in [0.3, 0.4) is 0 Å². The topological polar surface area (TPSA) is 78.9 Å². The van der Waals surface area contributed by atoms with Crippen molar-refractivity contribution in [3.63, 3.8) is 0 Å². The molecular formula is C14H26N2O4. The lowest BCUT2D eigenvalue weighted by Crippen LogP contribution is -2.46. The van der Waals surface area contributed by atoms with E-state index in [1.54, 1.807) is 18.9 Å². The van der Waals surface area contributed by atoms with Gasteiger partial charge in [0.2, 0.25) is 0 Å². The second kappa shape index (κ2) is 7.47. The van der Waals surface area contributed by atoms with Gasteiger partial charge in [-0.3, -0.25) is 4.79 Å². The lowest BCUT2D eigenvalue weighted by Gasteiger charge is -2.24. The quantitative estimate of drug-likeness (QED) is 0.746. The second-order valence-corrected chi connectivity index (χ2v) is 5.78. The molecule has 0 bridgehead atoms. The van der Waals surface area contributed by atoms with E-state index in [0.29, 0.717) is 19.6 Å². The summed E-state index contributed by atoms with van der Waals surface area (Å²) in [6.07, 6.45) is 3.47. The highest BCUT2D eigenvalue weighted by atomic mass is 16.5. The van der Waals surface area contributed by atoms with Gasteiger partial charge in [-0.15, -0.1) is 0 Å². The van der Waals surface area contributed by atoms with E-state index in [0.717, 1.165) is 19.3 Å². The molecule has 0 saturated carbocycles. The Kier molecular flexibility index (Phi) is 6.26. The number of ether oxygens (including phenoxy) is 1. The summed E-state index contributed by atoms with van der Waals surface area (Å²) in [5, 5.41) is 12.1. The van der Waals surface area contributed by atoms with Gasteiger partial charge in [0.1, 0.15) is 0 Å². The largest absolute Gasteiger partial charge is 0.481 e. The fourth-order valence-corrected chi connectivity index (χ4v) is 2.42. The zero-order chi connectivity index (χ0) is 15.2. The first-order valence-electron chi connectivity index (χ1n) is 7.20. The van der Waals surface area contributed by atoms with Crippen molar-refractivity contribution in [2.75, 3.05) is 26.8 Å². The summed E-state index contributed by atoms with van der Waals surface area (Å²) in [4.78, 5) is 24.9. The van der Waals surface area contributed by atoms with Crippen molar-refractivity contribution in [1.82, 2.24) is 10.2 Å². The summed E-state index contributed by atoms with van der Waals surface area (Å²) in [5.41, 5.74) is -0.822. The second-order valence-electron chi connectivity index (χ2n) is 5.78. The molecule has 6 heteroatoms. The minimum atomic E-state index is -0.841. The first-order valence-corrected chi connectivity index (χ1v) is 7.20. The molecule has 1 fully saturated rings. The van der Waals surface area contributed by atoms with Gasteiger partial charge in [0.25, 0.3) is 0 Å². The van der Waals surface area contributed by atoms with E-state index in [-0.39, 0.29) is 18.6 Å². The zero-order valence-corrected chi connectivity index (χ0v) is 12.6. The molecule has 2 unspecified atom stereocenters. The Balaban J connectivity index is 2.51. The molecule has 116 valence electrons. The number of unbranched alkanes of at least 4 members (excludes halogenated alkanes) is 1. The number of carbonyl (C=O) groups excluding carboxylic acids is 1. The summed E-state index contributed by atoms with van der Waals surface area (Å²) in [6.45, 7) is 5.02. The highest BCUT2D eigenvalue weighted by molar-refractivity contribution is 5.79. The number of amides is 2. The van der Waals surface area contributed by atoms with Gasteiger partial charge in [-0.25, -0.2) is 4.79 Å². The maximum atomic E-state index is 12.2. The fourth-order valence-electron chi connectivity index (χ4n) is 2.42. The summed E-state index contributed by atoms with van der Waals surface area (Å²) < 4.78 is 5.12. The number of carboxylic acids is 1. The van der Waals surface area contributed by atoms with Gasteiger partial charge in [-0.05, 0) is 19.8 Å². The van der Waals surface area contributed by atoms with E-state index >= 15 is 0 Å². The van der Waals surface area contributed by atoms with Crippen LogP contribution >= 0.6 is 0 Å². The number of carboxylic acid groups (broad SMARTS) is 1. The minimum Gasteiger partial charge on any atom is -0.481 e. The van der Waals surface area contributed by atoms with E-state index in [4.69, 9.17) is 4.74 Å². The van der Waals surface area contributed by atoms with Crippen LogP contribution in [0.4, 0.5) is 4.79 Å². The van der Waals surface area contributed by atoms with Crippen LogP contribution in [-0.4, -0.2) is 54.9 Å². The number of likely N-dealkylation sites (tertiary alicyclic amines) is 1. The highest BCUT2D eigenvalue weighted by Gasteiger charge is 2.42. The molecule has 0 radical (unpaired) electrons. The Bertz CT molecular complexity index is 348. The lowest BCUT2D eigenvalue weighted by atomic mass is 9.90. The molecule has 2 N–H and O–H groups in total. The molecule has 1 saturated heterocycles. The molecule has 2 atom stereocenters.